The Morgan fingerprint density at radius 2 is 1.71 bits per heavy atom. The maximum Gasteiger partial charge on any atom is 0.515 e. The molecule has 198 valence electrons. The van der Waals surface area contributed by atoms with Gasteiger partial charge >= 0.3 is 12.1 Å². The van der Waals surface area contributed by atoms with Gasteiger partial charge in [0.1, 0.15) is 12.2 Å². The van der Waals surface area contributed by atoms with Gasteiger partial charge in [0.05, 0.1) is 31.9 Å². The van der Waals surface area contributed by atoms with E-state index < -0.39 is 12.9 Å². The summed E-state index contributed by atoms with van der Waals surface area (Å²) in [5, 5.41) is 0. The molecule has 1 aliphatic heterocycles. The normalized spacial score (nSPS) is 17.5. The molecule has 0 aliphatic carbocycles. The molecule has 2 rings (SSSR count). The van der Waals surface area contributed by atoms with Crippen LogP contribution in [0.3, 0.4) is 0 Å². The maximum absolute atomic E-state index is 12.0. The fourth-order valence-corrected chi connectivity index (χ4v) is 4.43. The van der Waals surface area contributed by atoms with Crippen molar-refractivity contribution in [2.45, 2.75) is 84.5 Å². The molecule has 0 bridgehead atoms. The van der Waals surface area contributed by atoms with Crippen LogP contribution in [0.15, 0.2) is 6.08 Å². The Bertz CT molecular complexity index is 800. The Morgan fingerprint density at radius 1 is 0.971 bits per heavy atom. The first-order chi connectivity index (χ1) is 17.0. The van der Waals surface area contributed by atoms with Crippen molar-refractivity contribution >= 4 is 29.4 Å². The van der Waals surface area contributed by atoms with E-state index in [1.165, 1.54) is 19.3 Å². The van der Waals surface area contributed by atoms with Gasteiger partial charge in [-0.2, -0.15) is 4.37 Å². The van der Waals surface area contributed by atoms with Crippen LogP contribution in [0.25, 0.3) is 5.57 Å². The fourth-order valence-electron chi connectivity index (χ4n) is 3.89. The Labute approximate surface area is 213 Å². The van der Waals surface area contributed by atoms with E-state index in [9.17, 15) is 9.59 Å². The highest BCUT2D eigenvalue weighted by atomic mass is 32.1. The SMILES string of the molecule is CCCCCCCC(=O)OCOC(=O)OC[N+]1(C)CCC=C(c2nsnc2OCCCCCC)C1. The maximum atomic E-state index is 12.0. The van der Waals surface area contributed by atoms with Crippen LogP contribution in [-0.4, -0.2) is 65.6 Å². The Kier molecular flexibility index (Phi) is 13.7. The van der Waals surface area contributed by atoms with E-state index in [1.807, 2.05) is 7.05 Å². The van der Waals surface area contributed by atoms with E-state index in [0.717, 1.165) is 74.5 Å². The molecule has 0 radical (unpaired) electrons. The van der Waals surface area contributed by atoms with Crippen LogP contribution in [0.1, 0.15) is 90.2 Å². The fraction of sp³-hybridized carbons (Fsp3) is 0.760. The lowest BCUT2D eigenvalue weighted by molar-refractivity contribution is -0.919. The minimum atomic E-state index is -0.845. The molecule has 1 aromatic heterocycles. The quantitative estimate of drug-likeness (QED) is 0.113. The second kappa shape index (κ2) is 16.5. The summed E-state index contributed by atoms with van der Waals surface area (Å²) < 4.78 is 30.4. The van der Waals surface area contributed by atoms with Crippen LogP contribution in [0.4, 0.5) is 4.79 Å². The molecule has 0 N–H and O–H groups in total. The zero-order valence-electron chi connectivity index (χ0n) is 21.6. The van der Waals surface area contributed by atoms with Gasteiger partial charge in [-0.05, 0) is 12.8 Å². The second-order valence-corrected chi connectivity index (χ2v) is 9.84. The van der Waals surface area contributed by atoms with Crippen LogP contribution in [0, 0.1) is 0 Å². The van der Waals surface area contributed by atoms with E-state index in [0.29, 0.717) is 29.9 Å². The van der Waals surface area contributed by atoms with E-state index in [2.05, 4.69) is 28.7 Å². The number of hydrogen-bond donors (Lipinski definition) is 0. The molecule has 2 heterocycles. The van der Waals surface area contributed by atoms with Crippen molar-refractivity contribution in [3.63, 3.8) is 0 Å². The topological polar surface area (TPSA) is 96.8 Å². The standard InChI is InChI=1S/C25H42N3O6S/c1-4-6-8-10-11-15-22(29)33-20-34-25(30)32-19-28(3)16-13-14-21(18-28)23-24(27-35-26-23)31-17-12-9-7-5-2/h14H,4-13,15-20H2,1-3H3/q+1. The molecule has 0 saturated heterocycles. The molecule has 1 aliphatic rings. The molecule has 1 aromatic rings. The molecular formula is C25H42N3O6S+. The minimum absolute atomic E-state index is 0.145. The van der Waals surface area contributed by atoms with Crippen molar-refractivity contribution in [1.29, 1.82) is 0 Å². The predicted octanol–water partition coefficient (Wildman–Crippen LogP) is 5.70. The van der Waals surface area contributed by atoms with Crippen molar-refractivity contribution in [2.24, 2.45) is 0 Å². The molecule has 0 amide bonds. The van der Waals surface area contributed by atoms with Gasteiger partial charge in [0.25, 0.3) is 5.88 Å². The summed E-state index contributed by atoms with van der Waals surface area (Å²) in [6.45, 7) is 6.14. The molecule has 0 aromatic carbocycles. The monoisotopic (exact) mass is 512 g/mol. The van der Waals surface area contributed by atoms with E-state index >= 15 is 0 Å². The van der Waals surface area contributed by atoms with Crippen LogP contribution in [0.2, 0.25) is 0 Å². The van der Waals surface area contributed by atoms with Gasteiger partial charge < -0.3 is 18.9 Å². The number of nitrogens with zero attached hydrogens (tertiary/aromatic N) is 3. The molecule has 0 spiro atoms. The average Bonchev–Trinajstić information content (AvgIpc) is 3.31. The number of quaternary nitrogens is 1. The van der Waals surface area contributed by atoms with Crippen molar-refractivity contribution in [3.8, 4) is 5.88 Å². The van der Waals surface area contributed by atoms with Crippen LogP contribution in [0.5, 0.6) is 5.88 Å². The Morgan fingerprint density at radius 3 is 2.49 bits per heavy atom. The number of ether oxygens (including phenoxy) is 4. The third kappa shape index (κ3) is 11.4. The third-order valence-corrected chi connectivity index (χ3v) is 6.50. The molecule has 0 fully saturated rings. The summed E-state index contributed by atoms with van der Waals surface area (Å²) in [6, 6.07) is 0. The minimum Gasteiger partial charge on any atom is -0.475 e. The Balaban J connectivity index is 1.70. The summed E-state index contributed by atoms with van der Waals surface area (Å²) in [5.74, 6) is 0.220. The lowest BCUT2D eigenvalue weighted by Crippen LogP contribution is -2.49. The van der Waals surface area contributed by atoms with Crippen molar-refractivity contribution in [1.82, 2.24) is 8.75 Å². The van der Waals surface area contributed by atoms with E-state index in [1.54, 1.807) is 0 Å². The van der Waals surface area contributed by atoms with Gasteiger partial charge in [-0.15, -0.1) is 4.37 Å². The highest BCUT2D eigenvalue weighted by Gasteiger charge is 2.31. The predicted molar refractivity (Wildman–Crippen MR) is 135 cm³/mol. The molecule has 10 heteroatoms. The molecule has 1 unspecified atom stereocenters. The number of hydrogen-bond acceptors (Lipinski definition) is 9. The van der Waals surface area contributed by atoms with Gasteiger partial charge in [0.2, 0.25) is 13.5 Å². The van der Waals surface area contributed by atoms with Crippen molar-refractivity contribution in [2.75, 3.05) is 40.3 Å². The van der Waals surface area contributed by atoms with Crippen LogP contribution < -0.4 is 4.74 Å². The molecule has 9 nitrogen and oxygen atoms in total. The summed E-state index contributed by atoms with van der Waals surface area (Å²) >= 11 is 1.15. The number of rotatable bonds is 17. The van der Waals surface area contributed by atoms with Crippen molar-refractivity contribution < 1.29 is 33.0 Å². The number of unbranched alkanes of at least 4 members (excludes halogenated alkanes) is 7. The van der Waals surface area contributed by atoms with Crippen molar-refractivity contribution in [3.05, 3.63) is 11.8 Å². The zero-order chi connectivity index (χ0) is 25.4. The number of likely N-dealkylation sites (N-methyl/N-ethyl adjacent to an activating group) is 1. The van der Waals surface area contributed by atoms with Gasteiger partial charge in [0.15, 0.2) is 0 Å². The number of carbonyl (C=O) groups excluding carboxylic acids is 2. The summed E-state index contributed by atoms with van der Waals surface area (Å²) in [7, 11) is 2.02. The van der Waals surface area contributed by atoms with Gasteiger partial charge in [-0.3, -0.25) is 9.28 Å². The highest BCUT2D eigenvalue weighted by molar-refractivity contribution is 6.99. The van der Waals surface area contributed by atoms with E-state index in [-0.39, 0.29) is 12.7 Å². The number of carbonyl (C=O) groups is 2. The molecule has 0 saturated carbocycles. The third-order valence-electron chi connectivity index (χ3n) is 5.99. The number of esters is 1. The first-order valence-corrected chi connectivity index (χ1v) is 13.6. The smallest absolute Gasteiger partial charge is 0.475 e. The molecule has 35 heavy (non-hydrogen) atoms. The first kappa shape index (κ1) is 29.0. The lowest BCUT2D eigenvalue weighted by Gasteiger charge is -2.36. The zero-order valence-corrected chi connectivity index (χ0v) is 22.4. The largest absolute Gasteiger partial charge is 0.515 e. The summed E-state index contributed by atoms with van der Waals surface area (Å²) in [4.78, 5) is 23.7. The molecule has 1 atom stereocenters. The van der Waals surface area contributed by atoms with E-state index in [4.69, 9.17) is 18.9 Å². The average molecular weight is 513 g/mol. The Hall–Kier alpha value is -2.20. The van der Waals surface area contributed by atoms with Crippen LogP contribution in [-0.2, 0) is 19.0 Å². The summed E-state index contributed by atoms with van der Waals surface area (Å²) in [6.07, 6.45) is 12.3. The first-order valence-electron chi connectivity index (χ1n) is 12.9. The van der Waals surface area contributed by atoms with Gasteiger partial charge in [0, 0.05) is 18.4 Å². The van der Waals surface area contributed by atoms with Gasteiger partial charge in [-0.25, -0.2) is 4.79 Å². The lowest BCUT2D eigenvalue weighted by atomic mass is 10.1. The highest BCUT2D eigenvalue weighted by Crippen LogP contribution is 2.30. The summed E-state index contributed by atoms with van der Waals surface area (Å²) in [5.41, 5.74) is 1.82. The van der Waals surface area contributed by atoms with Gasteiger partial charge in [-0.1, -0.05) is 64.9 Å². The van der Waals surface area contributed by atoms with Crippen LogP contribution >= 0.6 is 11.7 Å². The number of aromatic nitrogens is 2. The molecular weight excluding hydrogens is 470 g/mol. The second-order valence-electron chi connectivity index (χ2n) is 9.31.